The first kappa shape index (κ1) is 42.9. The van der Waals surface area contributed by atoms with Crippen molar-refractivity contribution < 1.29 is 64.0 Å². The number of aliphatic hydroxyl groups excluding tert-OH is 1. The van der Waals surface area contributed by atoms with Gasteiger partial charge in [0.15, 0.2) is 0 Å². The molecule has 0 aromatic rings. The third-order valence-electron chi connectivity index (χ3n) is 5.14. The first-order chi connectivity index (χ1) is 17.2. The number of carbonyl (C=O) groups is 3. The van der Waals surface area contributed by atoms with Crippen molar-refractivity contribution in [3.05, 3.63) is 24.8 Å². The maximum absolute atomic E-state index is 11.2. The van der Waals surface area contributed by atoms with Crippen LogP contribution in [0.2, 0.25) is 0 Å². The van der Waals surface area contributed by atoms with E-state index in [0.717, 1.165) is 12.5 Å². The maximum atomic E-state index is 11.2. The number of carboxylic acid groups (broad SMARTS) is 2. The molecule has 0 saturated heterocycles. The monoisotopic (exact) mass is 537 g/mol. The van der Waals surface area contributed by atoms with E-state index in [2.05, 4.69) is 25.4 Å². The Bertz CT molecular complexity index is 557. The van der Waals surface area contributed by atoms with Crippen molar-refractivity contribution in [2.75, 3.05) is 19.9 Å². The van der Waals surface area contributed by atoms with E-state index >= 15 is 0 Å². The Morgan fingerprint density at radius 3 is 1.43 bits per heavy atom. The zero-order valence-corrected chi connectivity index (χ0v) is 25.9. The van der Waals surface area contributed by atoms with E-state index in [1.165, 1.54) is 96.3 Å². The molecule has 0 atom stereocenters. The zero-order chi connectivity index (χ0) is 27.9. The molecule has 0 saturated carbocycles. The summed E-state index contributed by atoms with van der Waals surface area (Å²) >= 11 is 0. The van der Waals surface area contributed by atoms with Gasteiger partial charge in [0, 0.05) is 18.2 Å². The van der Waals surface area contributed by atoms with Crippen LogP contribution in [0.15, 0.2) is 24.8 Å². The number of rotatable bonds is 22. The van der Waals surface area contributed by atoms with Crippen molar-refractivity contribution in [1.29, 1.82) is 0 Å². The molecule has 0 aromatic carbocycles. The fourth-order valence-electron chi connectivity index (χ4n) is 3.10. The molecule has 3 N–H and O–H groups in total. The first-order valence-electron chi connectivity index (χ1n) is 13.4. The Labute approximate surface area is 247 Å². The average molecular weight is 538 g/mol. The van der Waals surface area contributed by atoms with Gasteiger partial charge in [-0.3, -0.25) is 5.32 Å². The second-order valence-corrected chi connectivity index (χ2v) is 8.72. The summed E-state index contributed by atoms with van der Waals surface area (Å²) in [7, 11) is 0. The molecular formula is C28H52NNaO7. The summed E-state index contributed by atoms with van der Waals surface area (Å²) in [5, 5.41) is 27.1. The number of aliphatic hydroxyl groups is 1. The molecule has 0 aliphatic carbocycles. The molecule has 9 heteroatoms. The van der Waals surface area contributed by atoms with Crippen molar-refractivity contribution in [1.82, 2.24) is 5.32 Å². The molecule has 0 bridgehead atoms. The van der Waals surface area contributed by atoms with Gasteiger partial charge in [0.2, 0.25) is 0 Å². The van der Waals surface area contributed by atoms with E-state index in [1.54, 1.807) is 6.92 Å². The standard InChI is InChI=1S/C22H42O2.C3H7NO3.C3H4O2.Na/c1-4-5-6-7-8-9-10-11-12-13-14-15-16-17-18-19-20-24-22(23)21(2)3;5-2-4-1-3(6)7;1-2-3(4)5;/h2,4-20H2,1,3H3;4-5H,1-2H2,(H,6,7);2H,1H2,(H,4,5);/q;;;+1/p-1. The molecule has 0 aromatic heterocycles. The summed E-state index contributed by atoms with van der Waals surface area (Å²) in [5.41, 5.74) is 0.492. The minimum Gasteiger partial charge on any atom is -0.549 e. The summed E-state index contributed by atoms with van der Waals surface area (Å²) < 4.78 is 5.08. The molecule has 0 radical (unpaired) electrons. The summed E-state index contributed by atoms with van der Waals surface area (Å²) in [6.07, 6.45) is 22.6. The number of nitrogens with one attached hydrogen (secondary N) is 1. The summed E-state index contributed by atoms with van der Waals surface area (Å²) in [6, 6.07) is 0. The summed E-state index contributed by atoms with van der Waals surface area (Å²) in [6.45, 7) is 10.4. The topological polar surface area (TPSA) is 136 Å². The van der Waals surface area contributed by atoms with Crippen LogP contribution in [0.1, 0.15) is 117 Å². The van der Waals surface area contributed by atoms with Gasteiger partial charge in [0.1, 0.15) is 0 Å². The van der Waals surface area contributed by atoms with Crippen LogP contribution in [-0.4, -0.2) is 48.0 Å². The summed E-state index contributed by atoms with van der Waals surface area (Å²) in [4.78, 5) is 29.9. The van der Waals surface area contributed by atoms with Crippen molar-refractivity contribution in [2.45, 2.75) is 117 Å². The van der Waals surface area contributed by atoms with Crippen LogP contribution in [0, 0.1) is 0 Å². The number of carbonyl (C=O) groups excluding carboxylic acids is 2. The van der Waals surface area contributed by atoms with E-state index in [9.17, 15) is 19.5 Å². The Hall–Kier alpha value is -1.19. The van der Waals surface area contributed by atoms with E-state index < -0.39 is 11.9 Å². The minimum absolute atomic E-state index is 0. The molecule has 0 unspecified atom stereocenters. The van der Waals surface area contributed by atoms with E-state index in [-0.39, 0.29) is 48.8 Å². The fraction of sp³-hybridized carbons (Fsp3) is 0.750. The van der Waals surface area contributed by atoms with E-state index in [1.807, 2.05) is 0 Å². The molecule has 0 rings (SSSR count). The van der Waals surface area contributed by atoms with Gasteiger partial charge >= 0.3 is 41.5 Å². The fourth-order valence-corrected chi connectivity index (χ4v) is 3.10. The van der Waals surface area contributed by atoms with Gasteiger partial charge in [-0.2, -0.15) is 0 Å². The van der Waals surface area contributed by atoms with Crippen molar-refractivity contribution >= 4 is 17.9 Å². The van der Waals surface area contributed by atoms with Crippen LogP contribution in [0.3, 0.4) is 0 Å². The normalized spacial score (nSPS) is 9.49. The van der Waals surface area contributed by atoms with Gasteiger partial charge in [-0.1, -0.05) is 116 Å². The van der Waals surface area contributed by atoms with Crippen molar-refractivity contribution in [3.63, 3.8) is 0 Å². The van der Waals surface area contributed by atoms with Gasteiger partial charge in [-0.15, -0.1) is 0 Å². The Morgan fingerprint density at radius 1 is 0.838 bits per heavy atom. The smallest absolute Gasteiger partial charge is 0.549 e. The number of esters is 1. The molecule has 0 aliphatic rings. The number of hydrogen-bond acceptors (Lipinski definition) is 7. The predicted octanol–water partition coefficient (Wildman–Crippen LogP) is 1.90. The molecule has 8 nitrogen and oxygen atoms in total. The SMILES string of the molecule is C=C(C)C(=O)OCCCCCCCCCCCCCCCCCC.C=CC(=O)O.O=C([O-])CNCO.[Na+]. The Balaban J connectivity index is -0.000000346. The quantitative estimate of drug-likeness (QED) is 0.0626. The molecule has 0 aliphatic heterocycles. The van der Waals surface area contributed by atoms with Crippen LogP contribution in [0.25, 0.3) is 0 Å². The zero-order valence-electron chi connectivity index (χ0n) is 23.9. The van der Waals surface area contributed by atoms with Crippen molar-refractivity contribution in [2.24, 2.45) is 0 Å². The number of carboxylic acids is 2. The molecular weight excluding hydrogens is 485 g/mol. The molecule has 0 spiro atoms. The molecule has 212 valence electrons. The maximum Gasteiger partial charge on any atom is 1.00 e. The number of unbranched alkanes of at least 4 members (excludes halogenated alkanes) is 15. The van der Waals surface area contributed by atoms with Crippen LogP contribution < -0.4 is 40.0 Å². The number of ether oxygens (including phenoxy) is 1. The van der Waals surface area contributed by atoms with Gasteiger partial charge in [-0.05, 0) is 13.3 Å². The minimum atomic E-state index is -1.21. The van der Waals surface area contributed by atoms with Crippen LogP contribution in [0.5, 0.6) is 0 Å². The first-order valence-corrected chi connectivity index (χ1v) is 13.4. The largest absolute Gasteiger partial charge is 1.00 e. The molecule has 0 fully saturated rings. The van der Waals surface area contributed by atoms with Gasteiger partial charge < -0.3 is 24.9 Å². The number of hydrogen-bond donors (Lipinski definition) is 3. The number of aliphatic carboxylic acids is 2. The third-order valence-corrected chi connectivity index (χ3v) is 5.14. The van der Waals surface area contributed by atoms with E-state index in [0.29, 0.717) is 12.2 Å². The Morgan fingerprint density at radius 2 is 1.19 bits per heavy atom. The second kappa shape index (κ2) is 37.0. The van der Waals surface area contributed by atoms with Gasteiger partial charge in [0.05, 0.1) is 19.3 Å². The van der Waals surface area contributed by atoms with Crippen LogP contribution in [0.4, 0.5) is 0 Å². The van der Waals surface area contributed by atoms with Gasteiger partial charge in [-0.25, -0.2) is 9.59 Å². The van der Waals surface area contributed by atoms with Gasteiger partial charge in [0.25, 0.3) is 0 Å². The predicted molar refractivity (Wildman–Crippen MR) is 143 cm³/mol. The van der Waals surface area contributed by atoms with Crippen LogP contribution >= 0.6 is 0 Å². The third kappa shape index (κ3) is 48.5. The second-order valence-electron chi connectivity index (χ2n) is 8.72. The molecule has 37 heavy (non-hydrogen) atoms. The summed E-state index contributed by atoms with van der Waals surface area (Å²) in [5.74, 6) is -2.45. The Kier molecular flexibility index (Phi) is 42.8. The van der Waals surface area contributed by atoms with E-state index in [4.69, 9.17) is 14.9 Å². The average Bonchev–Trinajstić information content (AvgIpc) is 2.85. The molecule has 0 amide bonds. The van der Waals surface area contributed by atoms with Crippen LogP contribution in [-0.2, 0) is 19.1 Å². The van der Waals surface area contributed by atoms with Crippen molar-refractivity contribution in [3.8, 4) is 0 Å². The molecule has 0 heterocycles.